The summed E-state index contributed by atoms with van der Waals surface area (Å²) in [7, 11) is -4.04. The lowest BCUT2D eigenvalue weighted by Gasteiger charge is -2.28. The largest absolute Gasteiger partial charge is 0.362 e. The van der Waals surface area contributed by atoms with E-state index in [0.29, 0.717) is 11.4 Å². The molecule has 0 atom stereocenters. The third-order valence-electron chi connectivity index (χ3n) is 4.04. The van der Waals surface area contributed by atoms with Gasteiger partial charge in [0, 0.05) is 24.8 Å². The van der Waals surface area contributed by atoms with Crippen LogP contribution in [0.2, 0.25) is 0 Å². The number of nitrogens with one attached hydrogen (secondary N) is 1. The van der Waals surface area contributed by atoms with E-state index in [4.69, 9.17) is 0 Å². The van der Waals surface area contributed by atoms with Gasteiger partial charge in [-0.25, -0.2) is 9.71 Å². The molecule has 0 radical (unpaired) electrons. The van der Waals surface area contributed by atoms with Crippen LogP contribution in [-0.4, -0.2) is 31.5 Å². The number of anilines is 2. The fourth-order valence-corrected chi connectivity index (χ4v) is 3.30. The van der Waals surface area contributed by atoms with E-state index in [2.05, 4.69) is 29.2 Å². The van der Waals surface area contributed by atoms with Gasteiger partial charge in [-0.2, -0.15) is 13.4 Å². The quantitative estimate of drug-likeness (QED) is 0.807. The minimum absolute atomic E-state index is 0.00781. The fourth-order valence-electron chi connectivity index (χ4n) is 2.73. The SMILES string of the molecule is Cc1ccc(N=NS(=O)(=O)Nc2nc(C)cc(N3CCCCC3)n2)cc1. The fraction of sp³-hybridized carbons (Fsp3) is 0.412. The maximum absolute atomic E-state index is 12.2. The summed E-state index contributed by atoms with van der Waals surface area (Å²) in [5, 5.41) is 3.76. The van der Waals surface area contributed by atoms with Crippen LogP contribution in [0.15, 0.2) is 40.0 Å². The number of aryl methyl sites for hydroxylation is 2. The molecule has 0 bridgehead atoms. The Kier molecular flexibility index (Phi) is 5.46. The van der Waals surface area contributed by atoms with Crippen molar-refractivity contribution < 1.29 is 8.42 Å². The van der Waals surface area contributed by atoms with Gasteiger partial charge in [-0.05, 0) is 49.8 Å². The van der Waals surface area contributed by atoms with Crippen LogP contribution in [0.1, 0.15) is 30.5 Å². The van der Waals surface area contributed by atoms with Gasteiger partial charge in [0.05, 0.1) is 5.69 Å². The van der Waals surface area contributed by atoms with Crippen LogP contribution >= 0.6 is 0 Å². The Balaban J connectivity index is 1.76. The van der Waals surface area contributed by atoms with Crippen molar-refractivity contribution in [3.05, 3.63) is 41.6 Å². The lowest BCUT2D eigenvalue weighted by Crippen LogP contribution is -2.30. The van der Waals surface area contributed by atoms with E-state index in [1.165, 1.54) is 6.42 Å². The normalized spacial score (nSPS) is 15.4. The lowest BCUT2D eigenvalue weighted by molar-refractivity contribution is 0.573. The molecule has 0 aliphatic carbocycles. The number of hydrogen-bond donors (Lipinski definition) is 1. The minimum atomic E-state index is -4.04. The third kappa shape index (κ3) is 4.98. The Morgan fingerprint density at radius 2 is 1.73 bits per heavy atom. The van der Waals surface area contributed by atoms with Gasteiger partial charge in [0.25, 0.3) is 0 Å². The van der Waals surface area contributed by atoms with E-state index >= 15 is 0 Å². The van der Waals surface area contributed by atoms with E-state index in [0.717, 1.165) is 37.3 Å². The molecule has 0 spiro atoms. The van der Waals surface area contributed by atoms with Gasteiger partial charge in [0.15, 0.2) is 0 Å². The molecule has 1 aliphatic rings. The van der Waals surface area contributed by atoms with E-state index in [-0.39, 0.29) is 5.95 Å². The van der Waals surface area contributed by atoms with Crippen LogP contribution in [0.3, 0.4) is 0 Å². The molecule has 1 saturated heterocycles. The highest BCUT2D eigenvalue weighted by atomic mass is 32.2. The molecule has 1 fully saturated rings. The van der Waals surface area contributed by atoms with Crippen molar-refractivity contribution in [3.8, 4) is 0 Å². The second-order valence-electron chi connectivity index (χ2n) is 6.33. The number of rotatable bonds is 5. The molecule has 8 nitrogen and oxygen atoms in total. The van der Waals surface area contributed by atoms with Gasteiger partial charge in [0.2, 0.25) is 5.95 Å². The summed E-state index contributed by atoms with van der Waals surface area (Å²) in [6.45, 7) is 5.57. The van der Waals surface area contributed by atoms with Crippen LogP contribution in [-0.2, 0) is 10.2 Å². The zero-order valence-electron chi connectivity index (χ0n) is 14.9. The predicted molar refractivity (Wildman–Crippen MR) is 101 cm³/mol. The van der Waals surface area contributed by atoms with Crippen molar-refractivity contribution in [1.29, 1.82) is 0 Å². The molecular weight excluding hydrogens is 352 g/mol. The highest BCUT2D eigenvalue weighted by Gasteiger charge is 2.16. The van der Waals surface area contributed by atoms with Crippen molar-refractivity contribution in [1.82, 2.24) is 9.97 Å². The average molecular weight is 374 g/mol. The maximum Gasteiger partial charge on any atom is 0.362 e. The number of benzene rings is 1. The molecule has 138 valence electrons. The smallest absolute Gasteiger partial charge is 0.356 e. The summed E-state index contributed by atoms with van der Waals surface area (Å²) in [4.78, 5) is 10.6. The van der Waals surface area contributed by atoms with Crippen LogP contribution in [0.25, 0.3) is 0 Å². The highest BCUT2D eigenvalue weighted by molar-refractivity contribution is 7.91. The molecule has 9 heteroatoms. The van der Waals surface area contributed by atoms with Gasteiger partial charge in [0.1, 0.15) is 5.82 Å². The van der Waals surface area contributed by atoms with E-state index in [9.17, 15) is 8.42 Å². The summed E-state index contributed by atoms with van der Waals surface area (Å²) >= 11 is 0. The van der Waals surface area contributed by atoms with Gasteiger partial charge in [-0.1, -0.05) is 17.7 Å². The molecule has 0 amide bonds. The van der Waals surface area contributed by atoms with Gasteiger partial charge >= 0.3 is 10.2 Å². The summed E-state index contributed by atoms with van der Waals surface area (Å²) in [6.07, 6.45) is 3.42. The topological polar surface area (TPSA) is 99.9 Å². The zero-order chi connectivity index (χ0) is 18.6. The molecule has 1 N–H and O–H groups in total. The van der Waals surface area contributed by atoms with Gasteiger partial charge < -0.3 is 4.90 Å². The van der Waals surface area contributed by atoms with Crippen LogP contribution < -0.4 is 9.62 Å². The summed E-state index contributed by atoms with van der Waals surface area (Å²) in [5.74, 6) is 0.735. The first-order valence-electron chi connectivity index (χ1n) is 8.54. The van der Waals surface area contributed by atoms with E-state index < -0.39 is 10.2 Å². The number of nitrogens with zero attached hydrogens (tertiary/aromatic N) is 5. The number of hydrogen-bond acceptors (Lipinski definition) is 6. The molecule has 1 aromatic carbocycles. The van der Waals surface area contributed by atoms with Crippen LogP contribution in [0, 0.1) is 13.8 Å². The molecule has 2 aromatic rings. The Bertz CT molecular complexity index is 890. The number of aromatic nitrogens is 2. The molecular formula is C17H22N6O2S. The summed E-state index contributed by atoms with van der Waals surface area (Å²) < 4.78 is 30.0. The summed E-state index contributed by atoms with van der Waals surface area (Å²) in [5.41, 5.74) is 2.21. The zero-order valence-corrected chi connectivity index (χ0v) is 15.7. The predicted octanol–water partition coefficient (Wildman–Crippen LogP) is 3.52. The molecule has 26 heavy (non-hydrogen) atoms. The van der Waals surface area contributed by atoms with Crippen LogP contribution in [0.4, 0.5) is 17.5 Å². The minimum Gasteiger partial charge on any atom is -0.356 e. The standard InChI is InChI=1S/C17H22N6O2S/c1-13-6-8-15(9-7-13)20-22-26(24,25)21-17-18-14(2)12-16(19-17)23-10-4-3-5-11-23/h6-9,12H,3-5,10-11H2,1-2H3,(H,18,19,21). The first-order valence-corrected chi connectivity index (χ1v) is 9.98. The van der Waals surface area contributed by atoms with Gasteiger partial charge in [-0.15, -0.1) is 5.11 Å². The Morgan fingerprint density at radius 3 is 2.42 bits per heavy atom. The molecule has 2 heterocycles. The second-order valence-corrected chi connectivity index (χ2v) is 7.65. The molecule has 1 aliphatic heterocycles. The van der Waals surface area contributed by atoms with Crippen molar-refractivity contribution in [2.75, 3.05) is 22.7 Å². The molecule has 3 rings (SSSR count). The molecule has 0 unspecified atom stereocenters. The van der Waals surface area contributed by atoms with Crippen molar-refractivity contribution >= 4 is 27.7 Å². The monoisotopic (exact) mass is 374 g/mol. The number of piperidine rings is 1. The van der Waals surface area contributed by atoms with Crippen LogP contribution in [0.5, 0.6) is 0 Å². The summed E-state index contributed by atoms with van der Waals surface area (Å²) in [6, 6.07) is 8.93. The van der Waals surface area contributed by atoms with Gasteiger partial charge in [-0.3, -0.25) is 0 Å². The third-order valence-corrected chi connectivity index (χ3v) is 4.78. The average Bonchev–Trinajstić information content (AvgIpc) is 2.61. The van der Waals surface area contributed by atoms with E-state index in [1.807, 2.05) is 25.1 Å². The second kappa shape index (κ2) is 7.77. The highest BCUT2D eigenvalue weighted by Crippen LogP contribution is 2.20. The first kappa shape index (κ1) is 18.2. The van der Waals surface area contributed by atoms with Crippen molar-refractivity contribution in [3.63, 3.8) is 0 Å². The van der Waals surface area contributed by atoms with E-state index in [1.54, 1.807) is 19.1 Å². The Hall–Kier alpha value is -2.55. The maximum atomic E-state index is 12.2. The van der Waals surface area contributed by atoms with Crippen molar-refractivity contribution in [2.45, 2.75) is 33.1 Å². The molecule has 1 aromatic heterocycles. The van der Waals surface area contributed by atoms with Crippen molar-refractivity contribution in [2.24, 2.45) is 9.63 Å². The Labute approximate surface area is 153 Å². The Morgan fingerprint density at radius 1 is 1.04 bits per heavy atom. The first-order chi connectivity index (χ1) is 12.4. The lowest BCUT2D eigenvalue weighted by atomic mass is 10.1. The molecule has 0 saturated carbocycles.